The van der Waals surface area contributed by atoms with Crippen molar-refractivity contribution in [2.75, 3.05) is 0 Å². The van der Waals surface area contributed by atoms with Gasteiger partial charge < -0.3 is 16.5 Å². The molecule has 4 nitrogen and oxygen atoms in total. The zero-order valence-corrected chi connectivity index (χ0v) is 7.69. The minimum absolute atomic E-state index is 0.0944. The van der Waals surface area contributed by atoms with Gasteiger partial charge >= 0.3 is 0 Å². The molecule has 0 aliphatic rings. The molecule has 0 aliphatic carbocycles. The van der Waals surface area contributed by atoms with E-state index in [1.54, 1.807) is 0 Å². The van der Waals surface area contributed by atoms with Crippen LogP contribution in [0.4, 0.5) is 4.39 Å². The van der Waals surface area contributed by atoms with E-state index < -0.39 is 5.97 Å². The topological polar surface area (TPSA) is 74.3 Å². The maximum absolute atomic E-state index is 12.4. The first-order valence-electron chi connectivity index (χ1n) is 3.62. The summed E-state index contributed by atoms with van der Waals surface area (Å²) < 4.78 is 12.4. The summed E-state index contributed by atoms with van der Waals surface area (Å²) in [6.07, 6.45) is 1.32. The van der Waals surface area contributed by atoms with Crippen molar-refractivity contribution in [2.45, 2.75) is 13.8 Å². The molecule has 0 atom stereocenters. The summed E-state index contributed by atoms with van der Waals surface area (Å²) in [6.45, 7) is 6.07. The molecule has 0 aliphatic heterocycles. The molecule has 5 heteroatoms. The zero-order valence-electron chi connectivity index (χ0n) is 7.69. The Kier molecular flexibility index (Phi) is 4.43. The van der Waals surface area contributed by atoms with Gasteiger partial charge in [0.05, 0.1) is 11.4 Å². The summed E-state index contributed by atoms with van der Waals surface area (Å²) >= 11 is 0. The summed E-state index contributed by atoms with van der Waals surface area (Å²) in [6, 6.07) is 0. The molecule has 0 saturated heterocycles. The minimum Gasteiger partial charge on any atom is -0.394 e. The van der Waals surface area contributed by atoms with Crippen molar-refractivity contribution in [3.8, 4) is 0 Å². The smallest absolute Gasteiger partial charge is 0.187 e. The van der Waals surface area contributed by atoms with E-state index in [0.717, 1.165) is 0 Å². The van der Waals surface area contributed by atoms with Gasteiger partial charge in [0.25, 0.3) is 0 Å². The van der Waals surface area contributed by atoms with E-state index in [1.807, 2.05) is 0 Å². The van der Waals surface area contributed by atoms with Gasteiger partial charge in [-0.2, -0.15) is 4.39 Å². The third-order valence-electron chi connectivity index (χ3n) is 1.16. The number of allylic oxidation sites excluding steroid dienone is 1. The van der Waals surface area contributed by atoms with E-state index in [9.17, 15) is 4.39 Å². The summed E-state index contributed by atoms with van der Waals surface area (Å²) in [4.78, 5) is 3.47. The van der Waals surface area contributed by atoms with Crippen LogP contribution in [0.25, 0.3) is 0 Å². The quantitative estimate of drug-likeness (QED) is 0.575. The first kappa shape index (κ1) is 11.4. The second kappa shape index (κ2) is 5.08. The van der Waals surface area contributed by atoms with Crippen LogP contribution in [-0.2, 0) is 0 Å². The molecular weight excluding hydrogens is 171 g/mol. The summed E-state index contributed by atoms with van der Waals surface area (Å²) in [7, 11) is 0. The molecule has 13 heavy (non-hydrogen) atoms. The number of nitrogens with zero attached hydrogens (tertiary/aromatic N) is 1. The molecule has 0 bridgehead atoms. The molecule has 0 amide bonds. The van der Waals surface area contributed by atoms with Crippen molar-refractivity contribution >= 4 is 11.7 Å². The Labute approximate surface area is 76.6 Å². The number of nitrogens with two attached hydrogens (primary N) is 1. The largest absolute Gasteiger partial charge is 0.394 e. The van der Waals surface area contributed by atoms with Crippen LogP contribution in [0.15, 0.2) is 29.3 Å². The Morgan fingerprint density at radius 2 is 2.15 bits per heavy atom. The van der Waals surface area contributed by atoms with Gasteiger partial charge in [-0.1, -0.05) is 6.58 Å². The van der Waals surface area contributed by atoms with Gasteiger partial charge in [0, 0.05) is 6.92 Å². The minimum atomic E-state index is -0.631. The van der Waals surface area contributed by atoms with Crippen molar-refractivity contribution < 1.29 is 4.39 Å². The number of rotatable bonds is 4. The second-order valence-corrected chi connectivity index (χ2v) is 2.34. The lowest BCUT2D eigenvalue weighted by molar-refractivity contribution is 0.787. The van der Waals surface area contributed by atoms with E-state index in [-0.39, 0.29) is 17.2 Å². The maximum atomic E-state index is 12.4. The fourth-order valence-corrected chi connectivity index (χ4v) is 0.599. The van der Waals surface area contributed by atoms with Crippen LogP contribution in [-0.4, -0.2) is 11.7 Å². The van der Waals surface area contributed by atoms with Crippen molar-refractivity contribution in [2.24, 2.45) is 10.7 Å². The standard InChI is InChI=1S/C8H13FN4/c1-4-12-8(13-6(3)9)7(11)5(2)10/h4,10,12H,1,11H2,2-3H3/b8-7+,10-5?,13-6+. The van der Waals surface area contributed by atoms with E-state index in [1.165, 1.54) is 20.0 Å². The predicted molar refractivity (Wildman–Crippen MR) is 52.2 cm³/mol. The predicted octanol–water partition coefficient (Wildman–Crippen LogP) is 1.27. The van der Waals surface area contributed by atoms with E-state index in [0.29, 0.717) is 0 Å². The van der Waals surface area contributed by atoms with Gasteiger partial charge in [0.1, 0.15) is 0 Å². The highest BCUT2D eigenvalue weighted by Crippen LogP contribution is 2.00. The Morgan fingerprint density at radius 1 is 1.62 bits per heavy atom. The Hall–Kier alpha value is -1.65. The molecule has 0 rings (SSSR count). The van der Waals surface area contributed by atoms with Crippen molar-refractivity contribution in [1.29, 1.82) is 5.41 Å². The van der Waals surface area contributed by atoms with Crippen molar-refractivity contribution in [1.82, 2.24) is 5.32 Å². The monoisotopic (exact) mass is 184 g/mol. The van der Waals surface area contributed by atoms with Crippen molar-refractivity contribution in [3.63, 3.8) is 0 Å². The van der Waals surface area contributed by atoms with Crippen LogP contribution in [0.2, 0.25) is 0 Å². The average molecular weight is 184 g/mol. The van der Waals surface area contributed by atoms with E-state index in [4.69, 9.17) is 11.1 Å². The molecule has 4 N–H and O–H groups in total. The third-order valence-corrected chi connectivity index (χ3v) is 1.16. The number of hydrogen-bond acceptors (Lipinski definition) is 4. The van der Waals surface area contributed by atoms with Gasteiger partial charge in [-0.25, -0.2) is 4.99 Å². The van der Waals surface area contributed by atoms with Crippen molar-refractivity contribution in [3.05, 3.63) is 24.3 Å². The van der Waals surface area contributed by atoms with Gasteiger partial charge in [-0.15, -0.1) is 0 Å². The molecular formula is C8H13FN4. The van der Waals surface area contributed by atoms with E-state index >= 15 is 0 Å². The number of hydrogen-bond donors (Lipinski definition) is 3. The molecule has 0 aromatic rings. The molecule has 0 heterocycles. The average Bonchev–Trinajstić information content (AvgIpc) is 2.01. The fraction of sp³-hybridized carbons (Fsp3) is 0.250. The number of aliphatic imine (C=N–C) groups is 1. The first-order chi connectivity index (χ1) is 5.99. The molecule has 72 valence electrons. The van der Waals surface area contributed by atoms with Gasteiger partial charge in [-0.05, 0) is 13.1 Å². The molecule has 0 unspecified atom stereocenters. The van der Waals surface area contributed by atoms with Gasteiger partial charge in [0.15, 0.2) is 11.8 Å². The lowest BCUT2D eigenvalue weighted by Crippen LogP contribution is -2.17. The van der Waals surface area contributed by atoms with E-state index in [2.05, 4.69) is 16.9 Å². The number of halogens is 1. The molecule has 0 saturated carbocycles. The van der Waals surface area contributed by atoms with Gasteiger partial charge in [0.2, 0.25) is 0 Å². The fourth-order valence-electron chi connectivity index (χ4n) is 0.599. The van der Waals surface area contributed by atoms with Crippen LogP contribution >= 0.6 is 0 Å². The Balaban J connectivity index is 4.99. The summed E-state index contributed by atoms with van der Waals surface area (Å²) in [5.74, 6) is -0.531. The van der Waals surface area contributed by atoms with Crippen LogP contribution < -0.4 is 11.1 Å². The normalized spacial score (nSPS) is 13.3. The Morgan fingerprint density at radius 3 is 2.46 bits per heavy atom. The third kappa shape index (κ3) is 4.05. The zero-order chi connectivity index (χ0) is 10.4. The second-order valence-electron chi connectivity index (χ2n) is 2.34. The first-order valence-corrected chi connectivity index (χ1v) is 3.62. The van der Waals surface area contributed by atoms with Crippen LogP contribution in [0, 0.1) is 5.41 Å². The van der Waals surface area contributed by atoms with Gasteiger partial charge in [-0.3, -0.25) is 0 Å². The van der Waals surface area contributed by atoms with Crippen LogP contribution in [0.1, 0.15) is 13.8 Å². The highest BCUT2D eigenvalue weighted by molar-refractivity contribution is 5.95. The molecule has 0 fully saturated rings. The van der Waals surface area contributed by atoms with Crippen LogP contribution in [0.3, 0.4) is 0 Å². The maximum Gasteiger partial charge on any atom is 0.187 e. The molecule has 0 aromatic heterocycles. The highest BCUT2D eigenvalue weighted by atomic mass is 19.1. The molecule has 0 radical (unpaired) electrons. The lowest BCUT2D eigenvalue weighted by Gasteiger charge is -2.05. The summed E-state index contributed by atoms with van der Waals surface area (Å²) in [5, 5.41) is 9.75. The Bertz CT molecular complexity index is 274. The molecule has 0 spiro atoms. The number of nitrogens with one attached hydrogen (secondary N) is 2. The molecule has 0 aromatic carbocycles. The summed E-state index contributed by atoms with van der Waals surface area (Å²) in [5.41, 5.74) is 5.68. The SMILES string of the molecule is C=CNC(/N=C(\C)F)=C(\N)C(C)=N. The highest BCUT2D eigenvalue weighted by Gasteiger charge is 2.02. The van der Waals surface area contributed by atoms with Crippen LogP contribution in [0.5, 0.6) is 0 Å². The lowest BCUT2D eigenvalue weighted by atomic mass is 10.3.